The van der Waals surface area contributed by atoms with Crippen molar-refractivity contribution in [1.82, 2.24) is 14.8 Å². The molecule has 140 valence electrons. The fourth-order valence-electron chi connectivity index (χ4n) is 5.07. The monoisotopic (exact) mass is 373 g/mol. The molecule has 5 heteroatoms. The van der Waals surface area contributed by atoms with Crippen molar-refractivity contribution in [3.8, 4) is 0 Å². The minimum Gasteiger partial charge on any atom is -0.322 e. The van der Waals surface area contributed by atoms with Gasteiger partial charge in [0.1, 0.15) is 0 Å². The fourth-order valence-corrected chi connectivity index (χ4v) is 5.24. The van der Waals surface area contributed by atoms with Gasteiger partial charge in [-0.05, 0) is 82.2 Å². The van der Waals surface area contributed by atoms with Crippen molar-refractivity contribution in [3.05, 3.63) is 45.2 Å². The van der Waals surface area contributed by atoms with Crippen LogP contribution in [0.3, 0.4) is 0 Å². The summed E-state index contributed by atoms with van der Waals surface area (Å²) in [6.07, 6.45) is 5.21. The summed E-state index contributed by atoms with van der Waals surface area (Å²) in [5.74, 6) is 1.71. The van der Waals surface area contributed by atoms with Gasteiger partial charge in [-0.1, -0.05) is 17.7 Å². The third kappa shape index (κ3) is 3.42. The normalized spacial score (nSPS) is 28.4. The van der Waals surface area contributed by atoms with Crippen molar-refractivity contribution in [1.29, 1.82) is 0 Å². The summed E-state index contributed by atoms with van der Waals surface area (Å²) in [7, 11) is 6.57. The first-order chi connectivity index (χ1) is 12.4. The molecule has 4 atom stereocenters. The van der Waals surface area contributed by atoms with Crippen LogP contribution in [0.4, 0.5) is 0 Å². The van der Waals surface area contributed by atoms with Crippen molar-refractivity contribution in [2.24, 2.45) is 11.8 Å². The molecule has 0 spiro atoms. The van der Waals surface area contributed by atoms with E-state index in [4.69, 9.17) is 11.6 Å². The number of fused-ring (bicyclic) bond motifs is 2. The predicted molar refractivity (Wildman–Crippen MR) is 108 cm³/mol. The third-order valence-electron chi connectivity index (χ3n) is 6.62. The molecule has 2 unspecified atom stereocenters. The molecule has 0 saturated heterocycles. The number of rotatable bonds is 4. The SMILES string of the molecule is CN(C)C1C[C@@H]2CC(N(C)Cc3cc4ccc(Cl)cc4[nH]c3=O)C[C@@H]2C1. The van der Waals surface area contributed by atoms with Gasteiger partial charge in [0.2, 0.25) is 0 Å². The van der Waals surface area contributed by atoms with Crippen LogP contribution in [0.15, 0.2) is 29.1 Å². The smallest absolute Gasteiger partial charge is 0.252 e. The molecule has 0 amide bonds. The Labute approximate surface area is 160 Å². The molecule has 2 saturated carbocycles. The first-order valence-corrected chi connectivity index (χ1v) is 9.96. The number of nitrogens with zero attached hydrogens (tertiary/aromatic N) is 2. The van der Waals surface area contributed by atoms with Gasteiger partial charge in [-0.25, -0.2) is 0 Å². The average molecular weight is 374 g/mol. The number of aromatic nitrogens is 1. The lowest BCUT2D eigenvalue weighted by Gasteiger charge is -2.26. The Hall–Kier alpha value is -1.36. The number of benzene rings is 1. The largest absolute Gasteiger partial charge is 0.322 e. The maximum atomic E-state index is 12.5. The summed E-state index contributed by atoms with van der Waals surface area (Å²) >= 11 is 6.02. The van der Waals surface area contributed by atoms with Crippen molar-refractivity contribution in [2.45, 2.75) is 44.3 Å². The van der Waals surface area contributed by atoms with Crippen LogP contribution in [-0.4, -0.2) is 48.0 Å². The molecule has 4 nitrogen and oxygen atoms in total. The Morgan fingerprint density at radius 1 is 1.04 bits per heavy atom. The molecule has 1 aromatic heterocycles. The summed E-state index contributed by atoms with van der Waals surface area (Å²) in [6.45, 7) is 0.703. The number of hydrogen-bond donors (Lipinski definition) is 1. The molecule has 0 aliphatic heterocycles. The Balaban J connectivity index is 1.45. The van der Waals surface area contributed by atoms with Crippen LogP contribution in [0.25, 0.3) is 10.9 Å². The molecule has 2 aliphatic carbocycles. The van der Waals surface area contributed by atoms with Gasteiger partial charge < -0.3 is 9.88 Å². The van der Waals surface area contributed by atoms with Crippen molar-refractivity contribution in [2.75, 3.05) is 21.1 Å². The summed E-state index contributed by atoms with van der Waals surface area (Å²) in [5.41, 5.74) is 1.64. The van der Waals surface area contributed by atoms with E-state index in [1.54, 1.807) is 0 Å². The van der Waals surface area contributed by atoms with Crippen LogP contribution in [0.1, 0.15) is 31.2 Å². The van der Waals surface area contributed by atoms with Gasteiger partial charge >= 0.3 is 0 Å². The van der Waals surface area contributed by atoms with Crippen LogP contribution >= 0.6 is 11.6 Å². The second-order valence-corrected chi connectivity index (χ2v) is 8.94. The minimum atomic E-state index is -0.00233. The summed E-state index contributed by atoms with van der Waals surface area (Å²) < 4.78 is 0. The van der Waals surface area contributed by atoms with Crippen molar-refractivity contribution < 1.29 is 0 Å². The predicted octanol–water partition coefficient (Wildman–Crippen LogP) is 3.73. The third-order valence-corrected chi connectivity index (χ3v) is 6.86. The maximum absolute atomic E-state index is 12.5. The lowest BCUT2D eigenvalue weighted by atomic mass is 10.0. The van der Waals surface area contributed by atoms with Crippen molar-refractivity contribution in [3.63, 3.8) is 0 Å². The zero-order chi connectivity index (χ0) is 18.4. The highest BCUT2D eigenvalue weighted by Gasteiger charge is 2.43. The van der Waals surface area contributed by atoms with Crippen LogP contribution in [0.5, 0.6) is 0 Å². The van der Waals surface area contributed by atoms with E-state index in [0.29, 0.717) is 17.6 Å². The van der Waals surface area contributed by atoms with Gasteiger partial charge in [0.15, 0.2) is 0 Å². The fraction of sp³-hybridized carbons (Fsp3) is 0.571. The van der Waals surface area contributed by atoms with E-state index in [2.05, 4.69) is 35.9 Å². The number of H-pyrrole nitrogens is 1. The van der Waals surface area contributed by atoms with E-state index in [0.717, 1.165) is 34.3 Å². The number of nitrogens with one attached hydrogen (secondary N) is 1. The lowest BCUT2D eigenvalue weighted by Crippen LogP contribution is -2.33. The van der Waals surface area contributed by atoms with Gasteiger partial charge in [0, 0.05) is 34.7 Å². The van der Waals surface area contributed by atoms with E-state index in [-0.39, 0.29) is 5.56 Å². The zero-order valence-electron chi connectivity index (χ0n) is 15.8. The zero-order valence-corrected chi connectivity index (χ0v) is 16.6. The molecule has 0 bridgehead atoms. The van der Waals surface area contributed by atoms with Crippen molar-refractivity contribution >= 4 is 22.5 Å². The van der Waals surface area contributed by atoms with Gasteiger partial charge in [-0.3, -0.25) is 9.69 Å². The summed E-state index contributed by atoms with van der Waals surface area (Å²) in [6, 6.07) is 9.01. The molecule has 2 aromatic rings. The first kappa shape index (κ1) is 18.0. The van der Waals surface area contributed by atoms with Crippen LogP contribution in [0, 0.1) is 11.8 Å². The molecule has 0 radical (unpaired) electrons. The molecule has 2 aliphatic rings. The maximum Gasteiger partial charge on any atom is 0.252 e. The molecular formula is C21H28ClN3O. The Bertz CT molecular complexity index is 848. The number of halogens is 1. The van der Waals surface area contributed by atoms with Gasteiger partial charge in [0.05, 0.1) is 0 Å². The van der Waals surface area contributed by atoms with E-state index in [1.165, 1.54) is 25.7 Å². The highest BCUT2D eigenvalue weighted by atomic mass is 35.5. The highest BCUT2D eigenvalue weighted by Crippen LogP contribution is 2.46. The Morgan fingerprint density at radius 2 is 1.69 bits per heavy atom. The Kier molecular flexibility index (Phi) is 4.84. The van der Waals surface area contributed by atoms with Crippen LogP contribution in [0.2, 0.25) is 5.02 Å². The summed E-state index contributed by atoms with van der Waals surface area (Å²) in [5, 5.41) is 1.68. The molecule has 1 aromatic carbocycles. The number of aromatic amines is 1. The van der Waals surface area contributed by atoms with Gasteiger partial charge in [-0.2, -0.15) is 0 Å². The highest BCUT2D eigenvalue weighted by molar-refractivity contribution is 6.31. The van der Waals surface area contributed by atoms with E-state index in [9.17, 15) is 4.79 Å². The van der Waals surface area contributed by atoms with E-state index < -0.39 is 0 Å². The van der Waals surface area contributed by atoms with Gasteiger partial charge in [0.25, 0.3) is 5.56 Å². The lowest BCUT2D eigenvalue weighted by molar-refractivity contribution is 0.211. The molecule has 1 heterocycles. The van der Waals surface area contributed by atoms with E-state index in [1.807, 2.05) is 24.3 Å². The average Bonchev–Trinajstić information content (AvgIpc) is 3.14. The standard InChI is InChI=1S/C21H28ClN3O/c1-24(2)18-7-14-9-19(10-15(14)8-18)25(3)12-16-6-13-4-5-17(22)11-20(13)23-21(16)26/h4-6,11,14-15,18-19H,7-10,12H2,1-3H3,(H,23,26)/t14-,15+,18?,19?. The van der Waals surface area contributed by atoms with Crippen LogP contribution in [-0.2, 0) is 6.54 Å². The first-order valence-electron chi connectivity index (χ1n) is 9.59. The minimum absolute atomic E-state index is 0.00233. The second-order valence-electron chi connectivity index (χ2n) is 8.50. The topological polar surface area (TPSA) is 39.3 Å². The Morgan fingerprint density at radius 3 is 2.35 bits per heavy atom. The van der Waals surface area contributed by atoms with Gasteiger partial charge in [-0.15, -0.1) is 0 Å². The second kappa shape index (κ2) is 6.99. The molecule has 4 rings (SSSR count). The van der Waals surface area contributed by atoms with Crippen LogP contribution < -0.4 is 5.56 Å². The number of pyridine rings is 1. The quantitative estimate of drug-likeness (QED) is 0.887. The summed E-state index contributed by atoms with van der Waals surface area (Å²) in [4.78, 5) is 20.2. The molecule has 26 heavy (non-hydrogen) atoms. The van der Waals surface area contributed by atoms with E-state index >= 15 is 0 Å². The molecule has 1 N–H and O–H groups in total. The molecular weight excluding hydrogens is 346 g/mol. The number of hydrogen-bond acceptors (Lipinski definition) is 3. The molecule has 2 fully saturated rings.